The summed E-state index contributed by atoms with van der Waals surface area (Å²) in [5, 5.41) is 3.39. The molecule has 5 heteroatoms. The quantitative estimate of drug-likeness (QED) is 0.903. The second-order valence-electron chi connectivity index (χ2n) is 5.95. The fourth-order valence-corrected chi connectivity index (χ4v) is 3.17. The monoisotopic (exact) mass is 303 g/mol. The van der Waals surface area contributed by atoms with E-state index in [9.17, 15) is 4.79 Å². The first-order valence-electron chi connectivity index (χ1n) is 8.26. The van der Waals surface area contributed by atoms with Crippen LogP contribution in [0, 0.1) is 0 Å². The molecule has 1 unspecified atom stereocenters. The number of rotatable bonds is 5. The van der Waals surface area contributed by atoms with Crippen molar-refractivity contribution in [2.24, 2.45) is 0 Å². The fourth-order valence-electron chi connectivity index (χ4n) is 3.17. The van der Waals surface area contributed by atoms with Crippen LogP contribution < -0.4 is 10.2 Å². The maximum atomic E-state index is 12.8. The Morgan fingerprint density at radius 3 is 2.77 bits per heavy atom. The molecule has 0 saturated carbocycles. The highest BCUT2D eigenvalue weighted by atomic mass is 16.5. The predicted octanol–water partition coefficient (Wildman–Crippen LogP) is 1.95. The minimum atomic E-state index is -0.0930. The lowest BCUT2D eigenvalue weighted by Crippen LogP contribution is -2.50. The number of carbonyl (C=O) groups is 1. The van der Waals surface area contributed by atoms with Gasteiger partial charge in [-0.15, -0.1) is 0 Å². The zero-order valence-corrected chi connectivity index (χ0v) is 13.3. The third-order valence-electron chi connectivity index (χ3n) is 4.41. The van der Waals surface area contributed by atoms with Crippen LogP contribution in [0.3, 0.4) is 0 Å². The van der Waals surface area contributed by atoms with E-state index in [0.29, 0.717) is 0 Å². The first-order valence-corrected chi connectivity index (χ1v) is 8.26. The lowest BCUT2D eigenvalue weighted by Gasteiger charge is -2.37. The van der Waals surface area contributed by atoms with Gasteiger partial charge in [-0.05, 0) is 18.6 Å². The van der Waals surface area contributed by atoms with Crippen LogP contribution in [0.2, 0.25) is 0 Å². The summed E-state index contributed by atoms with van der Waals surface area (Å²) in [6, 6.07) is 8.01. The molecule has 1 aromatic rings. The van der Waals surface area contributed by atoms with Crippen molar-refractivity contribution in [1.82, 2.24) is 4.90 Å². The Balaban J connectivity index is 1.73. The number of nitrogens with zero attached hydrogens (tertiary/aromatic N) is 2. The predicted molar refractivity (Wildman–Crippen MR) is 88.4 cm³/mol. The van der Waals surface area contributed by atoms with Crippen LogP contribution in [0.25, 0.3) is 0 Å². The lowest BCUT2D eigenvalue weighted by molar-refractivity contribution is -0.119. The third kappa shape index (κ3) is 3.25. The second-order valence-corrected chi connectivity index (χ2v) is 5.95. The molecule has 0 aromatic heterocycles. The Bertz CT molecular complexity index is 514. The molecule has 2 aliphatic rings. The van der Waals surface area contributed by atoms with Crippen molar-refractivity contribution < 1.29 is 9.53 Å². The molecule has 1 aromatic carbocycles. The first kappa shape index (κ1) is 15.3. The van der Waals surface area contributed by atoms with Gasteiger partial charge in [0.15, 0.2) is 0 Å². The minimum absolute atomic E-state index is 0.0930. The number of fused-ring (bicyclic) bond motifs is 1. The molecule has 22 heavy (non-hydrogen) atoms. The van der Waals surface area contributed by atoms with Crippen LogP contribution >= 0.6 is 0 Å². The van der Waals surface area contributed by atoms with Gasteiger partial charge in [-0.2, -0.15) is 0 Å². The SMILES string of the molecule is CCCC1Nc2ccccc2N(CCN2CCOCC2)C1=O. The van der Waals surface area contributed by atoms with Gasteiger partial charge < -0.3 is 15.0 Å². The van der Waals surface area contributed by atoms with E-state index < -0.39 is 0 Å². The largest absolute Gasteiger partial charge is 0.379 e. The number of anilines is 2. The molecule has 1 saturated heterocycles. The zero-order valence-electron chi connectivity index (χ0n) is 13.3. The first-order chi connectivity index (χ1) is 10.8. The maximum absolute atomic E-state index is 12.8. The summed E-state index contributed by atoms with van der Waals surface area (Å²) in [6.07, 6.45) is 1.88. The van der Waals surface area contributed by atoms with Crippen LogP contribution in [0.1, 0.15) is 19.8 Å². The Kier molecular flexibility index (Phi) is 4.95. The van der Waals surface area contributed by atoms with Gasteiger partial charge in [0.1, 0.15) is 6.04 Å². The van der Waals surface area contributed by atoms with Gasteiger partial charge in [-0.3, -0.25) is 9.69 Å². The number of hydrogen-bond donors (Lipinski definition) is 1. The molecule has 2 aliphatic heterocycles. The van der Waals surface area contributed by atoms with Gasteiger partial charge >= 0.3 is 0 Å². The number of morpholine rings is 1. The average Bonchev–Trinajstić information content (AvgIpc) is 2.56. The van der Waals surface area contributed by atoms with Crippen molar-refractivity contribution >= 4 is 17.3 Å². The van der Waals surface area contributed by atoms with Gasteiger partial charge in [-0.25, -0.2) is 0 Å². The van der Waals surface area contributed by atoms with Crippen molar-refractivity contribution in [2.75, 3.05) is 49.6 Å². The molecule has 0 aliphatic carbocycles. The number of carbonyl (C=O) groups excluding carboxylic acids is 1. The van der Waals surface area contributed by atoms with Crippen LogP contribution in [0.15, 0.2) is 24.3 Å². The smallest absolute Gasteiger partial charge is 0.249 e. The lowest BCUT2D eigenvalue weighted by atomic mass is 10.0. The Labute approximate surface area is 132 Å². The highest BCUT2D eigenvalue weighted by Crippen LogP contribution is 2.32. The van der Waals surface area contributed by atoms with Crippen LogP contribution in [0.5, 0.6) is 0 Å². The van der Waals surface area contributed by atoms with Gasteiger partial charge in [0.2, 0.25) is 5.91 Å². The Morgan fingerprint density at radius 1 is 1.23 bits per heavy atom. The van der Waals surface area contributed by atoms with E-state index in [0.717, 1.165) is 63.6 Å². The standard InChI is InChI=1S/C17H25N3O2/c1-2-5-15-17(21)20(9-8-19-10-12-22-13-11-19)16-7-4-3-6-14(16)18-15/h3-4,6-7,15,18H,2,5,8-13H2,1H3. The topological polar surface area (TPSA) is 44.8 Å². The van der Waals surface area contributed by atoms with E-state index in [-0.39, 0.29) is 11.9 Å². The number of nitrogens with one attached hydrogen (secondary N) is 1. The van der Waals surface area contributed by atoms with Crippen LogP contribution in [-0.4, -0.2) is 56.2 Å². The van der Waals surface area contributed by atoms with E-state index in [2.05, 4.69) is 23.2 Å². The molecule has 1 N–H and O–H groups in total. The molecule has 1 amide bonds. The highest BCUT2D eigenvalue weighted by Gasteiger charge is 2.31. The molecule has 0 radical (unpaired) electrons. The van der Waals surface area contributed by atoms with Crippen molar-refractivity contribution in [1.29, 1.82) is 0 Å². The molecule has 1 atom stereocenters. The minimum Gasteiger partial charge on any atom is -0.379 e. The molecule has 0 bridgehead atoms. The third-order valence-corrected chi connectivity index (χ3v) is 4.41. The molecular formula is C17H25N3O2. The molecule has 3 rings (SSSR count). The molecule has 120 valence electrons. The van der Waals surface area contributed by atoms with E-state index >= 15 is 0 Å². The maximum Gasteiger partial charge on any atom is 0.249 e. The number of amides is 1. The van der Waals surface area contributed by atoms with Gasteiger partial charge in [0.25, 0.3) is 0 Å². The summed E-state index contributed by atoms with van der Waals surface area (Å²) >= 11 is 0. The van der Waals surface area contributed by atoms with Gasteiger partial charge in [-0.1, -0.05) is 25.5 Å². The fraction of sp³-hybridized carbons (Fsp3) is 0.588. The normalized spacial score (nSPS) is 22.3. The van der Waals surface area contributed by atoms with E-state index in [1.54, 1.807) is 0 Å². The summed E-state index contributed by atoms with van der Waals surface area (Å²) in [7, 11) is 0. The number of ether oxygens (including phenoxy) is 1. The summed E-state index contributed by atoms with van der Waals surface area (Å²) in [6.45, 7) is 7.28. The molecular weight excluding hydrogens is 278 g/mol. The second kappa shape index (κ2) is 7.11. The highest BCUT2D eigenvalue weighted by molar-refractivity contribution is 6.04. The summed E-state index contributed by atoms with van der Waals surface area (Å²) < 4.78 is 5.39. The van der Waals surface area contributed by atoms with Gasteiger partial charge in [0, 0.05) is 26.2 Å². The number of hydrogen-bond acceptors (Lipinski definition) is 4. The Morgan fingerprint density at radius 2 is 2.00 bits per heavy atom. The van der Waals surface area contributed by atoms with E-state index in [1.807, 2.05) is 23.1 Å². The van der Waals surface area contributed by atoms with Gasteiger partial charge in [0.05, 0.1) is 24.6 Å². The van der Waals surface area contributed by atoms with Crippen LogP contribution in [-0.2, 0) is 9.53 Å². The summed E-state index contributed by atoms with van der Waals surface area (Å²) in [5.74, 6) is 0.203. The van der Waals surface area contributed by atoms with Crippen molar-refractivity contribution in [2.45, 2.75) is 25.8 Å². The van der Waals surface area contributed by atoms with Crippen LogP contribution in [0.4, 0.5) is 11.4 Å². The summed E-state index contributed by atoms with van der Waals surface area (Å²) in [5.41, 5.74) is 2.08. The van der Waals surface area contributed by atoms with E-state index in [1.165, 1.54) is 0 Å². The molecule has 1 fully saturated rings. The van der Waals surface area contributed by atoms with Crippen molar-refractivity contribution in [3.05, 3.63) is 24.3 Å². The Hall–Kier alpha value is -1.59. The average molecular weight is 303 g/mol. The summed E-state index contributed by atoms with van der Waals surface area (Å²) in [4.78, 5) is 17.1. The van der Waals surface area contributed by atoms with Crippen molar-refractivity contribution in [3.8, 4) is 0 Å². The zero-order chi connectivity index (χ0) is 15.4. The molecule has 0 spiro atoms. The number of benzene rings is 1. The van der Waals surface area contributed by atoms with E-state index in [4.69, 9.17) is 4.74 Å². The molecule has 2 heterocycles. The number of para-hydroxylation sites is 2. The van der Waals surface area contributed by atoms with Crippen molar-refractivity contribution in [3.63, 3.8) is 0 Å². The molecule has 5 nitrogen and oxygen atoms in total.